The number of primary amides is 1. The van der Waals surface area contributed by atoms with Gasteiger partial charge in [0.05, 0.1) is 12.1 Å². The summed E-state index contributed by atoms with van der Waals surface area (Å²) in [5.41, 5.74) is 5.26. The van der Waals surface area contributed by atoms with Crippen molar-refractivity contribution in [3.8, 4) is 18.1 Å². The third-order valence-electron chi connectivity index (χ3n) is 3.10. The number of halogens is 1. The van der Waals surface area contributed by atoms with Crippen LogP contribution >= 0.6 is 11.6 Å². The lowest BCUT2D eigenvalue weighted by molar-refractivity contribution is -0.124. The number of rotatable bonds is 4. The molecule has 0 radical (unpaired) electrons. The molecule has 1 aromatic rings. The molecule has 1 rings (SSSR count). The van der Waals surface area contributed by atoms with Gasteiger partial charge in [-0.05, 0) is 29.5 Å². The quantitative estimate of drug-likeness (QED) is 0.864. The Kier molecular flexibility index (Phi) is 5.45. The molecule has 1 atom stereocenters. The standard InChI is InChI=1S/C16H19ClN2O3/c1-6-13(20)19(14(15(18)21)16(2,3)4)10-7-8-12(22-5)11(17)9-10/h1,7-9,14H,2-5H3,(H2,18,21)/t14-/m1/s1. The fourth-order valence-corrected chi connectivity index (χ4v) is 2.45. The van der Waals surface area contributed by atoms with Crippen LogP contribution in [0.1, 0.15) is 20.8 Å². The van der Waals surface area contributed by atoms with Gasteiger partial charge in [0, 0.05) is 5.69 Å². The maximum absolute atomic E-state index is 12.2. The van der Waals surface area contributed by atoms with E-state index < -0.39 is 23.3 Å². The minimum Gasteiger partial charge on any atom is -0.495 e. The second-order valence-electron chi connectivity index (χ2n) is 5.81. The van der Waals surface area contributed by atoms with Crippen LogP contribution in [0, 0.1) is 17.8 Å². The molecule has 0 aliphatic carbocycles. The molecule has 0 bridgehead atoms. The summed E-state index contributed by atoms with van der Waals surface area (Å²) in [6.45, 7) is 5.39. The summed E-state index contributed by atoms with van der Waals surface area (Å²) in [4.78, 5) is 25.3. The molecule has 0 aliphatic heterocycles. The van der Waals surface area contributed by atoms with E-state index in [4.69, 9.17) is 28.5 Å². The largest absolute Gasteiger partial charge is 0.495 e. The number of carbonyl (C=O) groups is 2. The Balaban J connectivity index is 3.47. The summed E-state index contributed by atoms with van der Waals surface area (Å²) in [6.07, 6.45) is 5.23. The number of benzene rings is 1. The Morgan fingerprint density at radius 3 is 2.36 bits per heavy atom. The summed E-state index contributed by atoms with van der Waals surface area (Å²) >= 11 is 6.09. The zero-order chi connectivity index (χ0) is 17.1. The van der Waals surface area contributed by atoms with Crippen LogP contribution in [0.15, 0.2) is 18.2 Å². The van der Waals surface area contributed by atoms with E-state index in [0.717, 1.165) is 0 Å². The molecule has 2 amide bonds. The average molecular weight is 323 g/mol. The van der Waals surface area contributed by atoms with Crippen molar-refractivity contribution < 1.29 is 14.3 Å². The number of nitrogens with two attached hydrogens (primary N) is 1. The van der Waals surface area contributed by atoms with E-state index >= 15 is 0 Å². The number of hydrogen-bond donors (Lipinski definition) is 1. The first kappa shape index (κ1) is 17.9. The summed E-state index contributed by atoms with van der Waals surface area (Å²) in [5, 5.41) is 0.298. The molecule has 0 saturated carbocycles. The van der Waals surface area contributed by atoms with Gasteiger partial charge < -0.3 is 10.5 Å². The number of carbonyl (C=O) groups excluding carboxylic acids is 2. The Bertz CT molecular complexity index is 629. The molecule has 0 heterocycles. The topological polar surface area (TPSA) is 72.6 Å². The van der Waals surface area contributed by atoms with Crippen LogP contribution in [0.25, 0.3) is 0 Å². The van der Waals surface area contributed by atoms with E-state index in [1.54, 1.807) is 32.9 Å². The van der Waals surface area contributed by atoms with Gasteiger partial charge in [-0.3, -0.25) is 14.5 Å². The fourth-order valence-electron chi connectivity index (χ4n) is 2.20. The summed E-state index contributed by atoms with van der Waals surface area (Å²) in [7, 11) is 1.48. The van der Waals surface area contributed by atoms with Crippen molar-refractivity contribution in [1.29, 1.82) is 0 Å². The second-order valence-corrected chi connectivity index (χ2v) is 6.22. The highest BCUT2D eigenvalue weighted by atomic mass is 35.5. The Morgan fingerprint density at radius 1 is 1.41 bits per heavy atom. The molecule has 5 nitrogen and oxygen atoms in total. The van der Waals surface area contributed by atoms with Crippen LogP contribution in [0.3, 0.4) is 0 Å². The number of terminal acetylenes is 1. The highest BCUT2D eigenvalue weighted by molar-refractivity contribution is 6.32. The molecule has 22 heavy (non-hydrogen) atoms. The molecule has 6 heteroatoms. The van der Waals surface area contributed by atoms with Crippen molar-refractivity contribution >= 4 is 29.1 Å². The maximum atomic E-state index is 12.2. The first-order chi connectivity index (χ1) is 10.1. The third-order valence-corrected chi connectivity index (χ3v) is 3.40. The van der Waals surface area contributed by atoms with Crippen LogP contribution in [0.2, 0.25) is 5.02 Å². The van der Waals surface area contributed by atoms with Crippen molar-refractivity contribution in [2.24, 2.45) is 11.1 Å². The molecular weight excluding hydrogens is 304 g/mol. The van der Waals surface area contributed by atoms with Gasteiger partial charge >= 0.3 is 5.91 Å². The van der Waals surface area contributed by atoms with E-state index in [9.17, 15) is 9.59 Å². The molecule has 0 spiro atoms. The molecule has 0 aliphatic rings. The lowest BCUT2D eigenvalue weighted by Crippen LogP contribution is -2.54. The molecule has 0 saturated heterocycles. The van der Waals surface area contributed by atoms with Crippen LogP contribution in [0.5, 0.6) is 5.75 Å². The van der Waals surface area contributed by atoms with Crippen molar-refractivity contribution in [1.82, 2.24) is 0 Å². The minimum atomic E-state index is -0.916. The van der Waals surface area contributed by atoms with Crippen molar-refractivity contribution in [2.45, 2.75) is 26.8 Å². The molecule has 0 fully saturated rings. The number of ether oxygens (including phenoxy) is 1. The fraction of sp³-hybridized carbons (Fsp3) is 0.375. The van der Waals surface area contributed by atoms with Crippen LogP contribution in [-0.4, -0.2) is 25.0 Å². The number of hydrogen-bond acceptors (Lipinski definition) is 3. The Hall–Kier alpha value is -2.19. The maximum Gasteiger partial charge on any atom is 0.303 e. The number of nitrogens with zero attached hydrogens (tertiary/aromatic N) is 1. The number of amides is 2. The average Bonchev–Trinajstić information content (AvgIpc) is 2.41. The zero-order valence-corrected chi connectivity index (χ0v) is 13.8. The third kappa shape index (κ3) is 3.71. The van der Waals surface area contributed by atoms with E-state index in [1.807, 2.05) is 5.92 Å². The summed E-state index contributed by atoms with van der Waals surface area (Å²) < 4.78 is 5.07. The van der Waals surface area contributed by atoms with Crippen LogP contribution in [-0.2, 0) is 9.59 Å². The van der Waals surface area contributed by atoms with Crippen molar-refractivity contribution in [3.63, 3.8) is 0 Å². The van der Waals surface area contributed by atoms with E-state index in [1.165, 1.54) is 18.1 Å². The molecule has 0 unspecified atom stereocenters. The first-order valence-electron chi connectivity index (χ1n) is 6.56. The minimum absolute atomic E-state index is 0.298. The van der Waals surface area contributed by atoms with Gasteiger partial charge in [0.25, 0.3) is 0 Å². The van der Waals surface area contributed by atoms with Gasteiger partial charge in [0.1, 0.15) is 11.8 Å². The van der Waals surface area contributed by atoms with Crippen molar-refractivity contribution in [3.05, 3.63) is 23.2 Å². The monoisotopic (exact) mass is 322 g/mol. The Morgan fingerprint density at radius 2 is 2.00 bits per heavy atom. The van der Waals surface area contributed by atoms with Gasteiger partial charge in [0.15, 0.2) is 0 Å². The van der Waals surface area contributed by atoms with Crippen LogP contribution in [0.4, 0.5) is 5.69 Å². The first-order valence-corrected chi connectivity index (χ1v) is 6.94. The smallest absolute Gasteiger partial charge is 0.303 e. The highest BCUT2D eigenvalue weighted by Gasteiger charge is 2.38. The van der Waals surface area contributed by atoms with E-state index in [-0.39, 0.29) is 0 Å². The van der Waals surface area contributed by atoms with Gasteiger partial charge in [-0.15, -0.1) is 6.42 Å². The lowest BCUT2D eigenvalue weighted by Gasteiger charge is -2.37. The van der Waals surface area contributed by atoms with Gasteiger partial charge in [-0.2, -0.15) is 0 Å². The zero-order valence-electron chi connectivity index (χ0n) is 13.0. The normalized spacial score (nSPS) is 12.2. The molecule has 1 aromatic carbocycles. The van der Waals surface area contributed by atoms with Gasteiger partial charge in [-0.1, -0.05) is 32.4 Å². The molecule has 0 aromatic heterocycles. The lowest BCUT2D eigenvalue weighted by atomic mass is 9.84. The number of methoxy groups -OCH3 is 1. The Labute approximate surface area is 135 Å². The van der Waals surface area contributed by atoms with Gasteiger partial charge in [0.2, 0.25) is 5.91 Å². The number of anilines is 1. The summed E-state index contributed by atoms with van der Waals surface area (Å²) in [5.74, 6) is 1.16. The predicted octanol–water partition coefficient (Wildman–Crippen LogP) is 2.21. The molecule has 2 N–H and O–H groups in total. The second kappa shape index (κ2) is 6.71. The van der Waals surface area contributed by atoms with E-state index in [2.05, 4.69) is 0 Å². The van der Waals surface area contributed by atoms with Crippen molar-refractivity contribution in [2.75, 3.05) is 12.0 Å². The molecule has 118 valence electrons. The SMILES string of the molecule is C#CC(=O)N(c1ccc(OC)c(Cl)c1)[C@H](C(N)=O)C(C)(C)C. The summed E-state index contributed by atoms with van der Waals surface area (Å²) in [6, 6.07) is 3.79. The predicted molar refractivity (Wildman–Crippen MR) is 86.8 cm³/mol. The van der Waals surface area contributed by atoms with Gasteiger partial charge in [-0.25, -0.2) is 0 Å². The van der Waals surface area contributed by atoms with Crippen LogP contribution < -0.4 is 15.4 Å². The van der Waals surface area contributed by atoms with E-state index in [0.29, 0.717) is 16.5 Å². The molecular formula is C16H19ClN2O3. The highest BCUT2D eigenvalue weighted by Crippen LogP contribution is 2.33.